The highest BCUT2D eigenvalue weighted by Crippen LogP contribution is 2.16. The number of nitrogens with zero attached hydrogens (tertiary/aromatic N) is 3. The summed E-state index contributed by atoms with van der Waals surface area (Å²) in [5.41, 5.74) is 0.644. The highest BCUT2D eigenvalue weighted by Gasteiger charge is 2.16. The number of carbonyl (C=O) groups is 1. The van der Waals surface area contributed by atoms with Crippen LogP contribution < -0.4 is 10.1 Å². The van der Waals surface area contributed by atoms with Gasteiger partial charge in [-0.2, -0.15) is 8.78 Å². The lowest BCUT2D eigenvalue weighted by atomic mass is 10.3. The van der Waals surface area contributed by atoms with Crippen molar-refractivity contribution in [2.24, 2.45) is 0 Å². The van der Waals surface area contributed by atoms with Crippen molar-refractivity contribution in [2.75, 3.05) is 25.5 Å². The summed E-state index contributed by atoms with van der Waals surface area (Å²) in [6.45, 7) is -0.000342. The number of rotatable bonds is 8. The zero-order valence-electron chi connectivity index (χ0n) is 13.6. The molecule has 0 saturated heterocycles. The van der Waals surface area contributed by atoms with Gasteiger partial charge in [0.1, 0.15) is 11.6 Å². The molecule has 2 aromatic rings. The third kappa shape index (κ3) is 4.76. The largest absolute Gasteiger partial charge is 0.497 e. The van der Waals surface area contributed by atoms with Crippen LogP contribution in [0.1, 0.15) is 19.3 Å². The van der Waals surface area contributed by atoms with E-state index in [2.05, 4.69) is 10.3 Å². The van der Waals surface area contributed by atoms with Crippen LogP contribution in [-0.4, -0.2) is 40.6 Å². The van der Waals surface area contributed by atoms with Crippen LogP contribution in [0.25, 0.3) is 0 Å². The second kappa shape index (κ2) is 8.39. The van der Waals surface area contributed by atoms with E-state index in [1.807, 2.05) is 6.92 Å². The van der Waals surface area contributed by atoms with Crippen molar-refractivity contribution in [2.45, 2.75) is 20.0 Å². The van der Waals surface area contributed by atoms with Gasteiger partial charge in [0.15, 0.2) is 0 Å². The summed E-state index contributed by atoms with van der Waals surface area (Å²) in [5.74, 6) is 0.697. The van der Waals surface area contributed by atoms with Crippen molar-refractivity contribution in [1.29, 1.82) is 0 Å². The van der Waals surface area contributed by atoms with Gasteiger partial charge in [-0.1, -0.05) is 6.92 Å². The molecule has 2 rings (SSSR count). The number of nitrogens with one attached hydrogen (secondary N) is 1. The highest BCUT2D eigenvalue weighted by atomic mass is 19.3. The first-order valence-corrected chi connectivity index (χ1v) is 7.49. The summed E-state index contributed by atoms with van der Waals surface area (Å²) in [6.07, 6.45) is 2.55. The van der Waals surface area contributed by atoms with Gasteiger partial charge in [-0.15, -0.1) is 0 Å². The van der Waals surface area contributed by atoms with Crippen molar-refractivity contribution in [3.8, 4) is 5.75 Å². The normalized spacial score (nSPS) is 11.1. The molecule has 24 heavy (non-hydrogen) atoms. The van der Waals surface area contributed by atoms with E-state index in [4.69, 9.17) is 4.74 Å². The van der Waals surface area contributed by atoms with Gasteiger partial charge in [0, 0.05) is 18.1 Å². The van der Waals surface area contributed by atoms with E-state index < -0.39 is 6.55 Å². The molecule has 1 heterocycles. The lowest BCUT2D eigenvalue weighted by Crippen LogP contribution is -2.33. The number of aromatic nitrogens is 2. The van der Waals surface area contributed by atoms with Gasteiger partial charge in [-0.05, 0) is 30.8 Å². The molecule has 0 aliphatic heterocycles. The summed E-state index contributed by atoms with van der Waals surface area (Å²) >= 11 is 0. The third-order valence-corrected chi connectivity index (χ3v) is 3.51. The Kier molecular flexibility index (Phi) is 6.25. The number of anilines is 1. The van der Waals surface area contributed by atoms with Crippen molar-refractivity contribution in [1.82, 2.24) is 14.5 Å². The Morgan fingerprint density at radius 1 is 1.38 bits per heavy atom. The monoisotopic (exact) mass is 338 g/mol. The molecule has 0 aliphatic rings. The molecule has 0 atom stereocenters. The number of amides is 1. The van der Waals surface area contributed by atoms with E-state index in [0.717, 1.165) is 4.57 Å². The lowest BCUT2D eigenvalue weighted by molar-refractivity contribution is -0.117. The molecular formula is C16H20F2N4O2. The van der Waals surface area contributed by atoms with Crippen LogP contribution in [-0.2, 0) is 11.3 Å². The Morgan fingerprint density at radius 2 is 2.08 bits per heavy atom. The zero-order valence-corrected chi connectivity index (χ0v) is 13.6. The first-order valence-electron chi connectivity index (χ1n) is 7.49. The van der Waals surface area contributed by atoms with E-state index in [1.54, 1.807) is 36.3 Å². The number of ether oxygens (including phenoxy) is 1. The minimum Gasteiger partial charge on any atom is -0.497 e. The molecule has 1 aromatic heterocycles. The summed E-state index contributed by atoms with van der Waals surface area (Å²) in [4.78, 5) is 17.8. The van der Waals surface area contributed by atoms with Crippen LogP contribution in [0.15, 0.2) is 36.7 Å². The van der Waals surface area contributed by atoms with E-state index in [-0.39, 0.29) is 24.8 Å². The van der Waals surface area contributed by atoms with Crippen LogP contribution in [0.3, 0.4) is 0 Å². The molecule has 6 nitrogen and oxygen atoms in total. The van der Waals surface area contributed by atoms with Crippen LogP contribution in [0.5, 0.6) is 5.75 Å². The van der Waals surface area contributed by atoms with Crippen LogP contribution in [0.2, 0.25) is 0 Å². The Labute approximate surface area is 139 Å². The minimum absolute atomic E-state index is 0.0820. The predicted octanol–water partition coefficient (Wildman–Crippen LogP) is 2.75. The molecule has 1 N–H and O–H groups in total. The van der Waals surface area contributed by atoms with Crippen LogP contribution in [0, 0.1) is 0 Å². The predicted molar refractivity (Wildman–Crippen MR) is 86.1 cm³/mol. The average molecular weight is 338 g/mol. The Morgan fingerprint density at radius 3 is 2.67 bits per heavy atom. The van der Waals surface area contributed by atoms with E-state index in [0.29, 0.717) is 18.0 Å². The number of carbonyl (C=O) groups excluding carboxylic acids is 1. The Hall–Kier alpha value is -2.48. The number of imidazole rings is 1. The first kappa shape index (κ1) is 17.9. The number of benzene rings is 1. The number of hydrogen-bond donors (Lipinski definition) is 1. The van der Waals surface area contributed by atoms with E-state index >= 15 is 0 Å². The molecule has 1 aromatic carbocycles. The topological polar surface area (TPSA) is 59.4 Å². The second-order valence-corrected chi connectivity index (χ2v) is 5.11. The fourth-order valence-corrected chi connectivity index (χ4v) is 2.20. The van der Waals surface area contributed by atoms with Gasteiger partial charge in [-0.3, -0.25) is 14.3 Å². The fraction of sp³-hybridized carbons (Fsp3) is 0.375. The van der Waals surface area contributed by atoms with Gasteiger partial charge in [0.2, 0.25) is 5.91 Å². The molecule has 0 radical (unpaired) electrons. The molecule has 8 heteroatoms. The maximum absolute atomic E-state index is 12.8. The quantitative estimate of drug-likeness (QED) is 0.804. The molecule has 0 aliphatic carbocycles. The molecular weight excluding hydrogens is 318 g/mol. The molecule has 1 amide bonds. The maximum Gasteiger partial charge on any atom is 0.319 e. The molecule has 0 spiro atoms. The van der Waals surface area contributed by atoms with Gasteiger partial charge in [0.25, 0.3) is 0 Å². The second-order valence-electron chi connectivity index (χ2n) is 5.11. The summed E-state index contributed by atoms with van der Waals surface area (Å²) in [6, 6.07) is 6.95. The van der Waals surface area contributed by atoms with Crippen molar-refractivity contribution in [3.63, 3.8) is 0 Å². The number of halogens is 2. The van der Waals surface area contributed by atoms with Crippen molar-refractivity contribution in [3.05, 3.63) is 42.5 Å². The SMILES string of the molecule is CCN(CC(=O)Nc1ccc(OC)cc1)Cc1nccn1C(F)F. The molecule has 0 unspecified atom stereocenters. The molecule has 0 saturated carbocycles. The van der Waals surface area contributed by atoms with Gasteiger partial charge in [0.05, 0.1) is 20.2 Å². The van der Waals surface area contributed by atoms with E-state index in [1.165, 1.54) is 12.4 Å². The number of hydrogen-bond acceptors (Lipinski definition) is 4. The minimum atomic E-state index is -2.64. The van der Waals surface area contributed by atoms with E-state index in [9.17, 15) is 13.6 Å². The number of likely N-dealkylation sites (N-methyl/N-ethyl adjacent to an activating group) is 1. The van der Waals surface area contributed by atoms with Crippen LogP contribution in [0.4, 0.5) is 14.5 Å². The third-order valence-electron chi connectivity index (χ3n) is 3.51. The van der Waals surface area contributed by atoms with Crippen LogP contribution >= 0.6 is 0 Å². The summed E-state index contributed by atoms with van der Waals surface area (Å²) in [5, 5.41) is 2.76. The van der Waals surface area contributed by atoms with Crippen molar-refractivity contribution < 1.29 is 18.3 Å². The maximum atomic E-state index is 12.8. The van der Waals surface area contributed by atoms with Gasteiger partial charge < -0.3 is 10.1 Å². The molecule has 0 bridgehead atoms. The zero-order chi connectivity index (χ0) is 17.5. The Balaban J connectivity index is 1.93. The number of methoxy groups -OCH3 is 1. The van der Waals surface area contributed by atoms with Gasteiger partial charge in [-0.25, -0.2) is 4.98 Å². The standard InChI is InChI=1S/C16H20F2N4O2/c1-3-21(10-14-19-8-9-22(14)16(17)18)11-15(23)20-12-4-6-13(24-2)7-5-12/h4-9,16H,3,10-11H2,1-2H3,(H,20,23). The summed E-state index contributed by atoms with van der Waals surface area (Å²) < 4.78 is 31.5. The van der Waals surface area contributed by atoms with Gasteiger partial charge >= 0.3 is 6.55 Å². The fourth-order valence-electron chi connectivity index (χ4n) is 2.20. The number of alkyl halides is 2. The Bertz CT molecular complexity index is 658. The lowest BCUT2D eigenvalue weighted by Gasteiger charge is -2.20. The smallest absolute Gasteiger partial charge is 0.319 e. The summed E-state index contributed by atoms with van der Waals surface area (Å²) in [7, 11) is 1.57. The highest BCUT2D eigenvalue weighted by molar-refractivity contribution is 5.92. The molecule has 0 fully saturated rings. The average Bonchev–Trinajstić information content (AvgIpc) is 3.03. The van der Waals surface area contributed by atoms with Crippen molar-refractivity contribution >= 4 is 11.6 Å². The first-order chi connectivity index (χ1) is 11.5. The molecule has 130 valence electrons.